The SMILES string of the molecule is CC(C(=O)N1CCCC(C(F)(F)F)C1)N1CCNCC1. The molecule has 0 aromatic heterocycles. The molecule has 0 aromatic rings. The number of halogens is 3. The molecular formula is C13H22F3N3O. The molecular weight excluding hydrogens is 271 g/mol. The number of amides is 1. The molecule has 2 atom stereocenters. The van der Waals surface area contributed by atoms with Gasteiger partial charge in [-0.1, -0.05) is 0 Å². The first-order valence-electron chi connectivity index (χ1n) is 7.20. The van der Waals surface area contributed by atoms with Gasteiger partial charge in [-0.15, -0.1) is 0 Å². The molecule has 2 aliphatic rings. The minimum Gasteiger partial charge on any atom is -0.341 e. The van der Waals surface area contributed by atoms with E-state index in [0.29, 0.717) is 13.0 Å². The topological polar surface area (TPSA) is 35.6 Å². The number of rotatable bonds is 2. The Morgan fingerprint density at radius 1 is 1.25 bits per heavy atom. The summed E-state index contributed by atoms with van der Waals surface area (Å²) < 4.78 is 38.3. The molecule has 7 heteroatoms. The molecule has 0 saturated carbocycles. The minimum absolute atomic E-state index is 0.134. The Labute approximate surface area is 117 Å². The van der Waals surface area contributed by atoms with Gasteiger partial charge in [0, 0.05) is 39.3 Å². The van der Waals surface area contributed by atoms with E-state index < -0.39 is 12.1 Å². The van der Waals surface area contributed by atoms with E-state index in [9.17, 15) is 18.0 Å². The van der Waals surface area contributed by atoms with Gasteiger partial charge in [-0.05, 0) is 19.8 Å². The van der Waals surface area contributed by atoms with Gasteiger partial charge >= 0.3 is 6.18 Å². The average molecular weight is 293 g/mol. The van der Waals surface area contributed by atoms with Gasteiger partial charge in [0.1, 0.15) is 0 Å². The van der Waals surface area contributed by atoms with Crippen LogP contribution in [-0.4, -0.2) is 67.2 Å². The van der Waals surface area contributed by atoms with Gasteiger partial charge in [0.05, 0.1) is 12.0 Å². The Morgan fingerprint density at radius 3 is 2.50 bits per heavy atom. The molecule has 2 aliphatic heterocycles. The average Bonchev–Trinajstić information content (AvgIpc) is 2.46. The quantitative estimate of drug-likeness (QED) is 0.827. The number of piperazine rings is 1. The van der Waals surface area contributed by atoms with Crippen molar-refractivity contribution in [1.29, 1.82) is 0 Å². The number of piperidine rings is 1. The maximum atomic E-state index is 12.8. The summed E-state index contributed by atoms with van der Waals surface area (Å²) in [7, 11) is 0. The highest BCUT2D eigenvalue weighted by molar-refractivity contribution is 5.81. The molecule has 0 aromatic carbocycles. The van der Waals surface area contributed by atoms with Gasteiger partial charge < -0.3 is 10.2 Å². The largest absolute Gasteiger partial charge is 0.393 e. The van der Waals surface area contributed by atoms with Crippen molar-refractivity contribution >= 4 is 5.91 Å². The first-order valence-corrected chi connectivity index (χ1v) is 7.20. The molecule has 20 heavy (non-hydrogen) atoms. The second kappa shape index (κ2) is 6.30. The van der Waals surface area contributed by atoms with E-state index in [1.54, 1.807) is 6.92 Å². The van der Waals surface area contributed by atoms with Crippen LogP contribution in [-0.2, 0) is 4.79 Å². The van der Waals surface area contributed by atoms with E-state index in [1.807, 2.05) is 4.90 Å². The lowest BCUT2D eigenvalue weighted by Gasteiger charge is -2.38. The van der Waals surface area contributed by atoms with E-state index in [1.165, 1.54) is 4.90 Å². The van der Waals surface area contributed by atoms with Crippen molar-refractivity contribution in [1.82, 2.24) is 15.1 Å². The van der Waals surface area contributed by atoms with Crippen LogP contribution in [0.4, 0.5) is 13.2 Å². The minimum atomic E-state index is -4.20. The van der Waals surface area contributed by atoms with Gasteiger partial charge in [0.25, 0.3) is 0 Å². The molecule has 2 rings (SSSR count). The number of carbonyl (C=O) groups is 1. The summed E-state index contributed by atoms with van der Waals surface area (Å²) in [5.74, 6) is -1.53. The zero-order valence-corrected chi connectivity index (χ0v) is 11.7. The normalized spacial score (nSPS) is 27.4. The van der Waals surface area contributed by atoms with Crippen molar-refractivity contribution in [2.75, 3.05) is 39.3 Å². The maximum absolute atomic E-state index is 12.8. The maximum Gasteiger partial charge on any atom is 0.393 e. The fourth-order valence-corrected chi connectivity index (χ4v) is 2.93. The molecule has 2 fully saturated rings. The van der Waals surface area contributed by atoms with Crippen molar-refractivity contribution in [3.8, 4) is 0 Å². The van der Waals surface area contributed by atoms with Crippen molar-refractivity contribution in [2.24, 2.45) is 5.92 Å². The highest BCUT2D eigenvalue weighted by Gasteiger charge is 2.43. The van der Waals surface area contributed by atoms with E-state index in [2.05, 4.69) is 5.32 Å². The Bertz CT molecular complexity index is 342. The molecule has 0 spiro atoms. The standard InChI is InChI=1S/C13H22F3N3O/c1-10(18-7-4-17-5-8-18)12(20)19-6-2-3-11(9-19)13(14,15)16/h10-11,17H,2-9H2,1H3. The molecule has 2 heterocycles. The summed E-state index contributed by atoms with van der Waals surface area (Å²) in [4.78, 5) is 15.8. The molecule has 4 nitrogen and oxygen atoms in total. The van der Waals surface area contributed by atoms with Gasteiger partial charge in [-0.2, -0.15) is 13.2 Å². The number of likely N-dealkylation sites (tertiary alicyclic amines) is 1. The van der Waals surface area contributed by atoms with Crippen LogP contribution in [0.1, 0.15) is 19.8 Å². The van der Waals surface area contributed by atoms with Crippen molar-refractivity contribution in [3.05, 3.63) is 0 Å². The summed E-state index contributed by atoms with van der Waals surface area (Å²) >= 11 is 0. The molecule has 2 saturated heterocycles. The van der Waals surface area contributed by atoms with E-state index in [4.69, 9.17) is 0 Å². The van der Waals surface area contributed by atoms with Crippen LogP contribution in [0.5, 0.6) is 0 Å². The monoisotopic (exact) mass is 293 g/mol. The fraction of sp³-hybridized carbons (Fsp3) is 0.923. The first kappa shape index (κ1) is 15.6. The molecule has 116 valence electrons. The Morgan fingerprint density at radius 2 is 1.90 bits per heavy atom. The molecule has 0 radical (unpaired) electrons. The van der Waals surface area contributed by atoms with E-state index in [-0.39, 0.29) is 24.9 Å². The third-order valence-corrected chi connectivity index (χ3v) is 4.25. The number of nitrogens with one attached hydrogen (secondary N) is 1. The molecule has 2 unspecified atom stereocenters. The van der Waals surface area contributed by atoms with Crippen molar-refractivity contribution in [2.45, 2.75) is 32.0 Å². The smallest absolute Gasteiger partial charge is 0.341 e. The molecule has 0 aliphatic carbocycles. The third-order valence-electron chi connectivity index (χ3n) is 4.25. The highest BCUT2D eigenvalue weighted by atomic mass is 19.4. The van der Waals surface area contributed by atoms with Gasteiger partial charge in [-0.25, -0.2) is 0 Å². The molecule has 0 bridgehead atoms. The Balaban J connectivity index is 1.94. The van der Waals surface area contributed by atoms with Gasteiger partial charge in [0.2, 0.25) is 5.91 Å². The summed E-state index contributed by atoms with van der Waals surface area (Å²) in [5, 5.41) is 3.20. The fourth-order valence-electron chi connectivity index (χ4n) is 2.93. The van der Waals surface area contributed by atoms with Crippen LogP contribution in [0.25, 0.3) is 0 Å². The predicted molar refractivity (Wildman–Crippen MR) is 69.3 cm³/mol. The summed E-state index contributed by atoms with van der Waals surface area (Å²) in [6, 6.07) is -0.330. The van der Waals surface area contributed by atoms with Crippen LogP contribution in [0.15, 0.2) is 0 Å². The van der Waals surface area contributed by atoms with Crippen molar-refractivity contribution < 1.29 is 18.0 Å². The number of carbonyl (C=O) groups excluding carboxylic acids is 1. The lowest BCUT2D eigenvalue weighted by molar-refractivity contribution is -0.188. The van der Waals surface area contributed by atoms with E-state index >= 15 is 0 Å². The Hall–Kier alpha value is -0.820. The predicted octanol–water partition coefficient (Wildman–Crippen LogP) is 1.08. The van der Waals surface area contributed by atoms with Crippen molar-refractivity contribution in [3.63, 3.8) is 0 Å². The molecule has 1 amide bonds. The zero-order valence-electron chi connectivity index (χ0n) is 11.7. The summed E-state index contributed by atoms with van der Waals surface area (Å²) in [6.45, 7) is 5.24. The van der Waals surface area contributed by atoms with Crippen LogP contribution in [0.2, 0.25) is 0 Å². The van der Waals surface area contributed by atoms with Crippen LogP contribution < -0.4 is 5.32 Å². The first-order chi connectivity index (χ1) is 9.39. The second-order valence-corrected chi connectivity index (χ2v) is 5.63. The lowest BCUT2D eigenvalue weighted by atomic mass is 9.97. The lowest BCUT2D eigenvalue weighted by Crippen LogP contribution is -2.55. The third kappa shape index (κ3) is 3.63. The molecule has 1 N–H and O–H groups in total. The van der Waals surface area contributed by atoms with E-state index in [0.717, 1.165) is 26.2 Å². The number of alkyl halides is 3. The second-order valence-electron chi connectivity index (χ2n) is 5.63. The van der Waals surface area contributed by atoms with Gasteiger partial charge in [-0.3, -0.25) is 9.69 Å². The number of hydrogen-bond acceptors (Lipinski definition) is 3. The van der Waals surface area contributed by atoms with Crippen LogP contribution in [0, 0.1) is 5.92 Å². The zero-order chi connectivity index (χ0) is 14.8. The Kier molecular flexibility index (Phi) is 4.90. The summed E-state index contributed by atoms with van der Waals surface area (Å²) in [5.41, 5.74) is 0. The highest BCUT2D eigenvalue weighted by Crippen LogP contribution is 2.33. The number of nitrogens with zero attached hydrogens (tertiary/aromatic N) is 2. The number of hydrogen-bond donors (Lipinski definition) is 1. The van der Waals surface area contributed by atoms with Crippen LogP contribution >= 0.6 is 0 Å². The van der Waals surface area contributed by atoms with Crippen LogP contribution in [0.3, 0.4) is 0 Å². The van der Waals surface area contributed by atoms with Gasteiger partial charge in [0.15, 0.2) is 0 Å². The summed E-state index contributed by atoms with van der Waals surface area (Å²) in [6.07, 6.45) is -3.63.